The number of nitrogens with two attached hydrogens (primary N) is 1. The van der Waals surface area contributed by atoms with Crippen molar-refractivity contribution in [2.45, 2.75) is 0 Å². The van der Waals surface area contributed by atoms with Crippen LogP contribution in [0.15, 0.2) is 16.9 Å². The molecule has 90 valence electrons. The first-order valence-electron chi connectivity index (χ1n) is 4.95. The van der Waals surface area contributed by atoms with Gasteiger partial charge in [-0.25, -0.2) is 0 Å². The standard InChI is InChI=1S/C10H16BrN3O2/c1-15-4-5-16-3-2-14-10-8(11)6-13-7-9(10)12/h6-7H,2-5,12H2,1H3,(H,13,14). The van der Waals surface area contributed by atoms with Gasteiger partial charge in [-0.15, -0.1) is 0 Å². The van der Waals surface area contributed by atoms with Gasteiger partial charge >= 0.3 is 0 Å². The first-order valence-corrected chi connectivity index (χ1v) is 5.74. The van der Waals surface area contributed by atoms with Crippen molar-refractivity contribution in [3.05, 3.63) is 16.9 Å². The van der Waals surface area contributed by atoms with E-state index in [1.807, 2.05) is 0 Å². The van der Waals surface area contributed by atoms with Crippen molar-refractivity contribution in [3.63, 3.8) is 0 Å². The van der Waals surface area contributed by atoms with Crippen LogP contribution in [0, 0.1) is 0 Å². The van der Waals surface area contributed by atoms with Crippen LogP contribution < -0.4 is 11.1 Å². The first kappa shape index (κ1) is 13.2. The lowest BCUT2D eigenvalue weighted by molar-refractivity contribution is 0.0759. The highest BCUT2D eigenvalue weighted by Crippen LogP contribution is 2.26. The van der Waals surface area contributed by atoms with Crippen LogP contribution in [0.5, 0.6) is 0 Å². The fourth-order valence-electron chi connectivity index (χ4n) is 1.13. The Balaban J connectivity index is 2.26. The Hall–Kier alpha value is -0.850. The summed E-state index contributed by atoms with van der Waals surface area (Å²) in [5.74, 6) is 0. The summed E-state index contributed by atoms with van der Waals surface area (Å²) in [5.41, 5.74) is 7.24. The molecule has 1 aromatic heterocycles. The summed E-state index contributed by atoms with van der Waals surface area (Å²) in [4.78, 5) is 3.95. The number of methoxy groups -OCH3 is 1. The maximum absolute atomic E-state index is 5.77. The lowest BCUT2D eigenvalue weighted by Gasteiger charge is -2.10. The van der Waals surface area contributed by atoms with Crippen LogP contribution in [0.1, 0.15) is 0 Å². The van der Waals surface area contributed by atoms with E-state index >= 15 is 0 Å². The fraction of sp³-hybridized carbons (Fsp3) is 0.500. The van der Waals surface area contributed by atoms with Crippen molar-refractivity contribution < 1.29 is 9.47 Å². The summed E-state index contributed by atoms with van der Waals surface area (Å²) in [6.07, 6.45) is 3.31. The SMILES string of the molecule is COCCOCCNc1c(N)cncc1Br. The van der Waals surface area contributed by atoms with Gasteiger partial charge in [0.2, 0.25) is 0 Å². The molecule has 0 radical (unpaired) electrons. The predicted octanol–water partition coefficient (Wildman–Crippen LogP) is 1.50. The molecule has 1 aromatic rings. The predicted molar refractivity (Wildman–Crippen MR) is 67.5 cm³/mol. The van der Waals surface area contributed by atoms with Gasteiger partial charge in [0.1, 0.15) is 0 Å². The van der Waals surface area contributed by atoms with E-state index in [1.54, 1.807) is 19.5 Å². The van der Waals surface area contributed by atoms with Crippen LogP contribution in [0.2, 0.25) is 0 Å². The number of pyridine rings is 1. The van der Waals surface area contributed by atoms with Crippen LogP contribution in [-0.2, 0) is 9.47 Å². The Labute approximate surface area is 103 Å². The Kier molecular flexibility index (Phi) is 6.14. The maximum atomic E-state index is 5.77. The van der Waals surface area contributed by atoms with E-state index in [-0.39, 0.29) is 0 Å². The molecule has 0 atom stereocenters. The van der Waals surface area contributed by atoms with Gasteiger partial charge in [-0.1, -0.05) is 0 Å². The van der Waals surface area contributed by atoms with Gasteiger partial charge in [0, 0.05) is 19.9 Å². The zero-order chi connectivity index (χ0) is 11.8. The molecule has 0 bridgehead atoms. The number of rotatable bonds is 7. The van der Waals surface area contributed by atoms with Crippen LogP contribution in [0.4, 0.5) is 11.4 Å². The molecule has 16 heavy (non-hydrogen) atoms. The number of nitrogens with zero attached hydrogens (tertiary/aromatic N) is 1. The van der Waals surface area contributed by atoms with Crippen LogP contribution in [0.25, 0.3) is 0 Å². The Morgan fingerprint density at radius 1 is 1.38 bits per heavy atom. The molecule has 3 N–H and O–H groups in total. The fourth-order valence-corrected chi connectivity index (χ4v) is 1.62. The van der Waals surface area contributed by atoms with Gasteiger partial charge in [0.25, 0.3) is 0 Å². The third-order valence-corrected chi connectivity index (χ3v) is 2.51. The normalized spacial score (nSPS) is 10.4. The number of hydrogen-bond donors (Lipinski definition) is 2. The third kappa shape index (κ3) is 4.34. The highest BCUT2D eigenvalue weighted by Gasteiger charge is 2.03. The summed E-state index contributed by atoms with van der Waals surface area (Å²) < 4.78 is 11.0. The van der Waals surface area contributed by atoms with E-state index in [0.717, 1.165) is 10.2 Å². The largest absolute Gasteiger partial charge is 0.396 e. The molecule has 0 unspecified atom stereocenters. The van der Waals surface area contributed by atoms with Crippen molar-refractivity contribution >= 4 is 27.3 Å². The molecule has 0 aliphatic heterocycles. The van der Waals surface area contributed by atoms with Crippen molar-refractivity contribution in [2.24, 2.45) is 0 Å². The van der Waals surface area contributed by atoms with Gasteiger partial charge in [0.15, 0.2) is 0 Å². The second kappa shape index (κ2) is 7.43. The summed E-state index contributed by atoms with van der Waals surface area (Å²) in [7, 11) is 1.65. The zero-order valence-corrected chi connectivity index (χ0v) is 10.8. The monoisotopic (exact) mass is 289 g/mol. The molecule has 0 aromatic carbocycles. The van der Waals surface area contributed by atoms with Crippen LogP contribution >= 0.6 is 15.9 Å². The number of anilines is 2. The van der Waals surface area contributed by atoms with E-state index in [1.165, 1.54) is 0 Å². The molecule has 0 aliphatic carbocycles. The molecule has 0 amide bonds. The molecule has 0 saturated heterocycles. The molecular weight excluding hydrogens is 274 g/mol. The molecule has 1 rings (SSSR count). The smallest absolute Gasteiger partial charge is 0.0750 e. The lowest BCUT2D eigenvalue weighted by atomic mass is 10.3. The highest BCUT2D eigenvalue weighted by atomic mass is 79.9. The summed E-state index contributed by atoms with van der Waals surface area (Å²) >= 11 is 3.38. The molecule has 0 spiro atoms. The number of nitrogens with one attached hydrogen (secondary N) is 1. The summed E-state index contributed by atoms with van der Waals surface area (Å²) in [5, 5.41) is 3.18. The number of halogens is 1. The maximum Gasteiger partial charge on any atom is 0.0750 e. The molecule has 1 heterocycles. The zero-order valence-electron chi connectivity index (χ0n) is 9.20. The van der Waals surface area contributed by atoms with E-state index in [4.69, 9.17) is 15.2 Å². The lowest BCUT2D eigenvalue weighted by Crippen LogP contribution is -2.13. The van der Waals surface area contributed by atoms with Gasteiger partial charge < -0.3 is 20.5 Å². The number of aromatic nitrogens is 1. The second-order valence-corrected chi connectivity index (χ2v) is 3.97. The second-order valence-electron chi connectivity index (χ2n) is 3.12. The van der Waals surface area contributed by atoms with Crippen molar-refractivity contribution in [1.82, 2.24) is 4.98 Å². The summed E-state index contributed by atoms with van der Waals surface area (Å²) in [6, 6.07) is 0. The van der Waals surface area contributed by atoms with Gasteiger partial charge in [0.05, 0.1) is 41.9 Å². The van der Waals surface area contributed by atoms with Crippen molar-refractivity contribution in [3.8, 4) is 0 Å². The molecule has 6 heteroatoms. The Morgan fingerprint density at radius 3 is 2.88 bits per heavy atom. The molecule has 0 fully saturated rings. The van der Waals surface area contributed by atoms with Gasteiger partial charge in [-0.05, 0) is 15.9 Å². The minimum atomic E-state index is 0.602. The highest BCUT2D eigenvalue weighted by molar-refractivity contribution is 9.10. The molecular formula is C10H16BrN3O2. The van der Waals surface area contributed by atoms with E-state index in [9.17, 15) is 0 Å². The number of ether oxygens (including phenoxy) is 2. The van der Waals surface area contributed by atoms with Gasteiger partial charge in [-0.3, -0.25) is 4.98 Å². The average Bonchev–Trinajstić information content (AvgIpc) is 2.26. The van der Waals surface area contributed by atoms with E-state index < -0.39 is 0 Å². The van der Waals surface area contributed by atoms with Crippen molar-refractivity contribution in [1.29, 1.82) is 0 Å². The Morgan fingerprint density at radius 2 is 2.19 bits per heavy atom. The quantitative estimate of drug-likeness (QED) is 0.745. The molecule has 0 aliphatic rings. The average molecular weight is 290 g/mol. The molecule has 0 saturated carbocycles. The first-order chi connectivity index (χ1) is 7.75. The summed E-state index contributed by atoms with van der Waals surface area (Å²) in [6.45, 7) is 2.51. The molecule has 5 nitrogen and oxygen atoms in total. The third-order valence-electron chi connectivity index (χ3n) is 1.91. The van der Waals surface area contributed by atoms with E-state index in [2.05, 4.69) is 26.2 Å². The van der Waals surface area contributed by atoms with Crippen molar-refractivity contribution in [2.75, 3.05) is 44.5 Å². The Bertz CT molecular complexity index is 303. The van der Waals surface area contributed by atoms with Gasteiger partial charge in [-0.2, -0.15) is 0 Å². The van der Waals surface area contributed by atoms with Crippen LogP contribution in [-0.4, -0.2) is 38.5 Å². The minimum absolute atomic E-state index is 0.602. The van der Waals surface area contributed by atoms with E-state index in [0.29, 0.717) is 32.1 Å². The minimum Gasteiger partial charge on any atom is -0.396 e. The topological polar surface area (TPSA) is 69.4 Å². The number of nitrogen functional groups attached to an aromatic ring is 1. The number of hydrogen-bond acceptors (Lipinski definition) is 5. The van der Waals surface area contributed by atoms with Crippen LogP contribution in [0.3, 0.4) is 0 Å².